The molecule has 0 saturated heterocycles. The standard InChI is InChI=1S/C22H20N4O4S/c1-13-7-15-9-16(28-2)4-5-17(15)26-21(13)24-25-22(26)31-11-20(27)23-10-14-3-6-18-19(8-14)30-12-29-18/h3-9H,10-12H2,1-2H3,(H,23,27). The van der Waals surface area contributed by atoms with Crippen molar-refractivity contribution in [3.8, 4) is 17.2 Å². The molecule has 0 fully saturated rings. The molecule has 0 spiro atoms. The number of aryl methyl sites for hydroxylation is 1. The zero-order valence-corrected chi connectivity index (χ0v) is 17.9. The number of benzene rings is 2. The quantitative estimate of drug-likeness (QED) is 0.464. The largest absolute Gasteiger partial charge is 0.497 e. The molecule has 4 aromatic rings. The Bertz CT molecular complexity index is 1300. The van der Waals surface area contributed by atoms with Crippen molar-refractivity contribution in [1.82, 2.24) is 19.9 Å². The minimum Gasteiger partial charge on any atom is -0.497 e. The van der Waals surface area contributed by atoms with Crippen LogP contribution in [0.1, 0.15) is 11.1 Å². The maximum absolute atomic E-state index is 12.4. The number of aromatic nitrogens is 3. The number of ether oxygens (including phenoxy) is 3. The molecule has 3 heterocycles. The first-order valence-corrected chi connectivity index (χ1v) is 10.7. The fraction of sp³-hybridized carbons (Fsp3) is 0.227. The molecule has 0 saturated carbocycles. The van der Waals surface area contributed by atoms with Crippen molar-refractivity contribution in [3.05, 3.63) is 53.6 Å². The number of amides is 1. The summed E-state index contributed by atoms with van der Waals surface area (Å²) in [6.07, 6.45) is 0. The highest BCUT2D eigenvalue weighted by molar-refractivity contribution is 7.99. The predicted octanol–water partition coefficient (Wildman–Crippen LogP) is 3.34. The smallest absolute Gasteiger partial charge is 0.231 e. The Balaban J connectivity index is 1.30. The van der Waals surface area contributed by atoms with E-state index in [0.717, 1.165) is 39.2 Å². The molecular formula is C22H20N4O4S. The number of hydrogen-bond donors (Lipinski definition) is 1. The second kappa shape index (κ2) is 7.99. The van der Waals surface area contributed by atoms with Crippen molar-refractivity contribution < 1.29 is 19.0 Å². The highest BCUT2D eigenvalue weighted by Crippen LogP contribution is 2.32. The van der Waals surface area contributed by atoms with Crippen molar-refractivity contribution in [2.24, 2.45) is 0 Å². The molecule has 8 nitrogen and oxygen atoms in total. The molecule has 1 amide bonds. The Morgan fingerprint density at radius 1 is 1.16 bits per heavy atom. The van der Waals surface area contributed by atoms with E-state index in [1.54, 1.807) is 7.11 Å². The molecular weight excluding hydrogens is 416 g/mol. The van der Waals surface area contributed by atoms with Gasteiger partial charge in [0.15, 0.2) is 22.3 Å². The van der Waals surface area contributed by atoms with Crippen molar-refractivity contribution in [2.45, 2.75) is 18.6 Å². The molecule has 0 atom stereocenters. The lowest BCUT2D eigenvalue weighted by Gasteiger charge is -2.09. The Labute approximate surface area is 182 Å². The molecule has 0 unspecified atom stereocenters. The third-order valence-electron chi connectivity index (χ3n) is 5.09. The van der Waals surface area contributed by atoms with Crippen LogP contribution in [0.25, 0.3) is 16.6 Å². The van der Waals surface area contributed by atoms with Crippen molar-refractivity contribution in [3.63, 3.8) is 0 Å². The molecule has 1 N–H and O–H groups in total. The number of pyridine rings is 1. The lowest BCUT2D eigenvalue weighted by Crippen LogP contribution is -2.24. The van der Waals surface area contributed by atoms with Gasteiger partial charge in [-0.2, -0.15) is 0 Å². The normalized spacial score (nSPS) is 12.5. The zero-order valence-electron chi connectivity index (χ0n) is 17.0. The summed E-state index contributed by atoms with van der Waals surface area (Å²) in [6.45, 7) is 2.64. The van der Waals surface area contributed by atoms with Crippen LogP contribution in [0.2, 0.25) is 0 Å². The van der Waals surface area contributed by atoms with Crippen LogP contribution in [-0.4, -0.2) is 40.2 Å². The first-order chi connectivity index (χ1) is 15.1. The van der Waals surface area contributed by atoms with Gasteiger partial charge in [0.05, 0.1) is 18.4 Å². The minimum atomic E-state index is -0.0851. The number of nitrogens with one attached hydrogen (secondary N) is 1. The fourth-order valence-corrected chi connectivity index (χ4v) is 4.32. The molecule has 1 aliphatic heterocycles. The molecule has 0 radical (unpaired) electrons. The van der Waals surface area contributed by atoms with Gasteiger partial charge in [-0.05, 0) is 54.4 Å². The summed E-state index contributed by atoms with van der Waals surface area (Å²) in [7, 11) is 1.65. The van der Waals surface area contributed by atoms with Crippen LogP contribution >= 0.6 is 11.8 Å². The van der Waals surface area contributed by atoms with E-state index in [-0.39, 0.29) is 18.5 Å². The summed E-state index contributed by atoms with van der Waals surface area (Å²) in [6, 6.07) is 13.6. The van der Waals surface area contributed by atoms with Crippen LogP contribution in [0, 0.1) is 6.92 Å². The summed E-state index contributed by atoms with van der Waals surface area (Å²) in [4.78, 5) is 12.4. The number of fused-ring (bicyclic) bond motifs is 4. The summed E-state index contributed by atoms with van der Waals surface area (Å²) in [5.41, 5.74) is 3.70. The van der Waals surface area contributed by atoms with Gasteiger partial charge in [-0.3, -0.25) is 9.20 Å². The van der Waals surface area contributed by atoms with E-state index in [0.29, 0.717) is 17.5 Å². The topological polar surface area (TPSA) is 87.0 Å². The molecule has 0 bridgehead atoms. The monoisotopic (exact) mass is 436 g/mol. The highest BCUT2D eigenvalue weighted by atomic mass is 32.2. The van der Waals surface area contributed by atoms with Gasteiger partial charge in [0.25, 0.3) is 0 Å². The van der Waals surface area contributed by atoms with Crippen LogP contribution in [0.4, 0.5) is 0 Å². The van der Waals surface area contributed by atoms with Crippen LogP contribution in [0.5, 0.6) is 17.2 Å². The van der Waals surface area contributed by atoms with Gasteiger partial charge >= 0.3 is 0 Å². The number of carbonyl (C=O) groups excluding carboxylic acids is 1. The van der Waals surface area contributed by atoms with Crippen LogP contribution in [0.15, 0.2) is 47.6 Å². The van der Waals surface area contributed by atoms with E-state index in [1.165, 1.54) is 11.8 Å². The first kappa shape index (κ1) is 19.5. The maximum atomic E-state index is 12.4. The van der Waals surface area contributed by atoms with Crippen molar-refractivity contribution in [2.75, 3.05) is 19.7 Å². The molecule has 158 valence electrons. The van der Waals surface area contributed by atoms with E-state index < -0.39 is 0 Å². The molecule has 0 aliphatic carbocycles. The number of nitrogens with zero attached hydrogens (tertiary/aromatic N) is 3. The third-order valence-corrected chi connectivity index (χ3v) is 6.02. The number of rotatable bonds is 6. The Morgan fingerprint density at radius 2 is 2.03 bits per heavy atom. The lowest BCUT2D eigenvalue weighted by atomic mass is 10.1. The highest BCUT2D eigenvalue weighted by Gasteiger charge is 2.16. The Morgan fingerprint density at radius 3 is 2.90 bits per heavy atom. The van der Waals surface area contributed by atoms with Gasteiger partial charge < -0.3 is 19.5 Å². The van der Waals surface area contributed by atoms with Gasteiger partial charge in [-0.15, -0.1) is 10.2 Å². The molecule has 2 aromatic carbocycles. The molecule has 5 rings (SSSR count). The number of methoxy groups -OCH3 is 1. The average molecular weight is 436 g/mol. The zero-order chi connectivity index (χ0) is 21.4. The summed E-state index contributed by atoms with van der Waals surface area (Å²) in [5.74, 6) is 2.37. The van der Waals surface area contributed by atoms with Crippen LogP contribution < -0.4 is 19.5 Å². The van der Waals surface area contributed by atoms with E-state index in [2.05, 4.69) is 21.6 Å². The Hall–Kier alpha value is -3.46. The van der Waals surface area contributed by atoms with E-state index in [1.807, 2.05) is 47.7 Å². The maximum Gasteiger partial charge on any atom is 0.231 e. The average Bonchev–Trinajstić information content (AvgIpc) is 3.43. The predicted molar refractivity (Wildman–Crippen MR) is 117 cm³/mol. The van der Waals surface area contributed by atoms with Crippen LogP contribution in [0.3, 0.4) is 0 Å². The lowest BCUT2D eigenvalue weighted by molar-refractivity contribution is -0.118. The number of carbonyl (C=O) groups is 1. The van der Waals surface area contributed by atoms with Gasteiger partial charge in [0.2, 0.25) is 12.7 Å². The van der Waals surface area contributed by atoms with Gasteiger partial charge in [-0.1, -0.05) is 17.8 Å². The van der Waals surface area contributed by atoms with Gasteiger partial charge in [0, 0.05) is 11.9 Å². The fourth-order valence-electron chi connectivity index (χ4n) is 3.55. The van der Waals surface area contributed by atoms with E-state index in [9.17, 15) is 4.79 Å². The second-order valence-corrected chi connectivity index (χ2v) is 8.09. The molecule has 2 aromatic heterocycles. The molecule has 9 heteroatoms. The second-order valence-electron chi connectivity index (χ2n) is 7.15. The van der Waals surface area contributed by atoms with Crippen LogP contribution in [-0.2, 0) is 11.3 Å². The summed E-state index contributed by atoms with van der Waals surface area (Å²) < 4.78 is 18.0. The first-order valence-electron chi connectivity index (χ1n) is 9.73. The number of thioether (sulfide) groups is 1. The third kappa shape index (κ3) is 3.72. The van der Waals surface area contributed by atoms with E-state index >= 15 is 0 Å². The van der Waals surface area contributed by atoms with Crippen molar-refractivity contribution in [1.29, 1.82) is 0 Å². The Kier molecular flexibility index (Phi) is 5.03. The van der Waals surface area contributed by atoms with E-state index in [4.69, 9.17) is 14.2 Å². The van der Waals surface area contributed by atoms with Crippen molar-refractivity contribution >= 4 is 34.2 Å². The van der Waals surface area contributed by atoms with Gasteiger partial charge in [0.1, 0.15) is 5.75 Å². The van der Waals surface area contributed by atoms with Gasteiger partial charge in [-0.25, -0.2) is 0 Å². The molecule has 1 aliphatic rings. The number of hydrogen-bond acceptors (Lipinski definition) is 7. The minimum absolute atomic E-state index is 0.0851. The molecule has 31 heavy (non-hydrogen) atoms. The summed E-state index contributed by atoms with van der Waals surface area (Å²) in [5, 5.41) is 13.3. The SMILES string of the molecule is COc1ccc2c(c1)cc(C)c1nnc(SCC(=O)NCc3ccc4c(c3)OCO4)n12. The summed E-state index contributed by atoms with van der Waals surface area (Å²) >= 11 is 1.35.